The van der Waals surface area contributed by atoms with Gasteiger partial charge in [-0.2, -0.15) is 14.5 Å². The molecule has 35 heavy (non-hydrogen) atoms. The monoisotopic (exact) mass is 495 g/mol. The summed E-state index contributed by atoms with van der Waals surface area (Å²) >= 11 is 0. The third-order valence-corrected chi connectivity index (χ3v) is 9.28. The first-order valence-corrected chi connectivity index (χ1v) is 13.9. The fourth-order valence-electron chi connectivity index (χ4n) is 4.57. The first-order valence-electron chi connectivity index (χ1n) is 12.4. The summed E-state index contributed by atoms with van der Waals surface area (Å²) in [6.07, 6.45) is 14.5. The molecule has 0 atom stereocenters. The van der Waals surface area contributed by atoms with Crippen molar-refractivity contribution in [2.75, 3.05) is 26.2 Å². The number of piperazine rings is 1. The molecule has 0 unspecified atom stereocenters. The second-order valence-electron chi connectivity index (χ2n) is 9.43. The number of hydrogen-bond acceptors (Lipinski definition) is 6. The smallest absolute Gasteiger partial charge is 0.217 e. The van der Waals surface area contributed by atoms with E-state index in [1.807, 2.05) is 37.8 Å². The molecule has 0 radical (unpaired) electrons. The quantitative estimate of drug-likeness (QED) is 0.469. The summed E-state index contributed by atoms with van der Waals surface area (Å²) in [6.45, 7) is 6.66. The van der Waals surface area contributed by atoms with Crippen molar-refractivity contribution in [1.82, 2.24) is 34.6 Å². The van der Waals surface area contributed by atoms with Gasteiger partial charge in [-0.05, 0) is 50.3 Å². The molecule has 0 amide bonds. The molecule has 0 bridgehead atoms. The van der Waals surface area contributed by atoms with E-state index in [1.54, 1.807) is 4.31 Å². The second kappa shape index (κ2) is 9.94. The third-order valence-electron chi connectivity index (χ3n) is 6.88. The minimum Gasteiger partial charge on any atom is -0.375 e. The zero-order valence-electron chi connectivity index (χ0n) is 20.4. The van der Waals surface area contributed by atoms with Crippen molar-refractivity contribution in [3.63, 3.8) is 0 Å². The first-order chi connectivity index (χ1) is 17.0. The minimum absolute atomic E-state index is 0.142. The van der Waals surface area contributed by atoms with Gasteiger partial charge >= 0.3 is 0 Å². The lowest BCUT2D eigenvalue weighted by atomic mass is 9.96. The van der Waals surface area contributed by atoms with Gasteiger partial charge < -0.3 is 4.90 Å². The molecule has 10 heteroatoms. The van der Waals surface area contributed by atoms with Crippen LogP contribution in [0.3, 0.4) is 0 Å². The lowest BCUT2D eigenvalue weighted by Crippen LogP contribution is -2.47. The molecule has 2 N–H and O–H groups in total. The van der Waals surface area contributed by atoms with E-state index in [0.29, 0.717) is 26.2 Å². The Hall–Kier alpha value is -2.98. The van der Waals surface area contributed by atoms with Gasteiger partial charge in [0.2, 0.25) is 10.0 Å². The molecule has 1 saturated carbocycles. The van der Waals surface area contributed by atoms with E-state index in [1.165, 1.54) is 5.56 Å². The maximum atomic E-state index is 12.5. The molecule has 0 spiro atoms. The number of rotatable bonds is 9. The van der Waals surface area contributed by atoms with Gasteiger partial charge in [-0.1, -0.05) is 13.3 Å². The number of aromatic nitrogens is 5. The van der Waals surface area contributed by atoms with Gasteiger partial charge in [-0.3, -0.25) is 15.2 Å². The van der Waals surface area contributed by atoms with Crippen molar-refractivity contribution in [3.05, 3.63) is 47.8 Å². The molecule has 1 aliphatic heterocycles. The first kappa shape index (κ1) is 23.7. The van der Waals surface area contributed by atoms with E-state index < -0.39 is 10.0 Å². The van der Waals surface area contributed by atoms with Crippen LogP contribution in [0.1, 0.15) is 49.6 Å². The van der Waals surface area contributed by atoms with Gasteiger partial charge in [-0.15, -0.1) is 0 Å². The van der Waals surface area contributed by atoms with Gasteiger partial charge in [0.15, 0.2) is 0 Å². The van der Waals surface area contributed by atoms with Crippen molar-refractivity contribution in [2.45, 2.75) is 51.2 Å². The Kier molecular flexibility index (Phi) is 6.75. The molecule has 1 aliphatic carbocycles. The summed E-state index contributed by atoms with van der Waals surface area (Å²) in [5.74, 6) is 0. The second-order valence-corrected chi connectivity index (χ2v) is 11.6. The minimum atomic E-state index is -3.09. The zero-order valence-corrected chi connectivity index (χ0v) is 21.2. The normalized spacial score (nSPS) is 17.5. The Morgan fingerprint density at radius 1 is 1.03 bits per heavy atom. The molecule has 2 aliphatic rings. The van der Waals surface area contributed by atoms with E-state index in [2.05, 4.69) is 38.3 Å². The summed E-state index contributed by atoms with van der Waals surface area (Å²) in [5.41, 5.74) is 7.21. The van der Waals surface area contributed by atoms with Crippen LogP contribution < -0.4 is 0 Å². The van der Waals surface area contributed by atoms with Crippen molar-refractivity contribution in [3.8, 4) is 22.4 Å². The average Bonchev–Trinajstić information content (AvgIpc) is 3.50. The molecule has 3 aromatic heterocycles. The number of pyridine rings is 1. The predicted octanol–water partition coefficient (Wildman–Crippen LogP) is 3.59. The van der Waals surface area contributed by atoms with Gasteiger partial charge in [0.1, 0.15) is 0 Å². The molecule has 1 saturated heterocycles. The molecule has 3 aromatic rings. The van der Waals surface area contributed by atoms with Crippen LogP contribution in [0, 0.1) is 6.92 Å². The van der Waals surface area contributed by atoms with Crippen LogP contribution >= 0.6 is 0 Å². The number of unbranched alkanes of at least 4 members (excludes halogenated alkanes) is 1. The van der Waals surface area contributed by atoms with E-state index >= 15 is 0 Å². The largest absolute Gasteiger partial charge is 0.375 e. The summed E-state index contributed by atoms with van der Waals surface area (Å²) in [5, 5.41) is 14.4. The SMILES string of the molecule is CCCCc1cc(-c2cn[nH]c2C)ncc1-c1cn[nH]c1/C=C/N1CCN(S(=O)(=O)C2CC2)CC1. The maximum absolute atomic E-state index is 12.5. The van der Waals surface area contributed by atoms with Crippen molar-refractivity contribution in [2.24, 2.45) is 0 Å². The molecule has 9 nitrogen and oxygen atoms in total. The highest BCUT2D eigenvalue weighted by atomic mass is 32.2. The molecule has 0 aromatic carbocycles. The number of nitrogens with one attached hydrogen (secondary N) is 2. The molecular formula is C25H33N7O2S. The van der Waals surface area contributed by atoms with E-state index in [9.17, 15) is 8.42 Å². The number of H-pyrrole nitrogens is 2. The summed E-state index contributed by atoms with van der Waals surface area (Å²) in [4.78, 5) is 6.92. The van der Waals surface area contributed by atoms with Crippen LogP contribution in [0.5, 0.6) is 0 Å². The lowest BCUT2D eigenvalue weighted by molar-refractivity contribution is 0.245. The predicted molar refractivity (Wildman–Crippen MR) is 137 cm³/mol. The average molecular weight is 496 g/mol. The Bertz CT molecular complexity index is 1300. The van der Waals surface area contributed by atoms with Crippen LogP contribution in [0.25, 0.3) is 28.5 Å². The van der Waals surface area contributed by atoms with E-state index in [0.717, 1.165) is 65.9 Å². The van der Waals surface area contributed by atoms with E-state index in [4.69, 9.17) is 4.98 Å². The maximum Gasteiger partial charge on any atom is 0.217 e. The summed E-state index contributed by atoms with van der Waals surface area (Å²) in [6, 6.07) is 2.17. The van der Waals surface area contributed by atoms with Crippen molar-refractivity contribution < 1.29 is 8.42 Å². The third kappa shape index (κ3) is 5.04. The number of sulfonamides is 1. The number of nitrogens with zero attached hydrogens (tertiary/aromatic N) is 5. The topological polar surface area (TPSA) is 111 Å². The fourth-order valence-corrected chi connectivity index (χ4v) is 6.40. The van der Waals surface area contributed by atoms with Gasteiger partial charge in [0.05, 0.1) is 29.0 Å². The Morgan fingerprint density at radius 2 is 1.77 bits per heavy atom. The fraction of sp³-hybridized carbons (Fsp3) is 0.480. The molecule has 4 heterocycles. The van der Waals surface area contributed by atoms with E-state index in [-0.39, 0.29) is 5.25 Å². The summed E-state index contributed by atoms with van der Waals surface area (Å²) in [7, 11) is -3.09. The van der Waals surface area contributed by atoms with Crippen LogP contribution in [0.4, 0.5) is 0 Å². The highest BCUT2D eigenvalue weighted by molar-refractivity contribution is 7.90. The summed E-state index contributed by atoms with van der Waals surface area (Å²) < 4.78 is 26.6. The zero-order chi connectivity index (χ0) is 24.4. The molecule has 186 valence electrons. The number of aryl methyl sites for hydroxylation is 2. The Balaban J connectivity index is 1.34. The van der Waals surface area contributed by atoms with Crippen molar-refractivity contribution in [1.29, 1.82) is 0 Å². The number of aromatic amines is 2. The number of hydrogen-bond donors (Lipinski definition) is 2. The lowest BCUT2D eigenvalue weighted by Gasteiger charge is -2.33. The highest BCUT2D eigenvalue weighted by Crippen LogP contribution is 2.32. The van der Waals surface area contributed by atoms with Crippen LogP contribution in [0.15, 0.2) is 30.9 Å². The van der Waals surface area contributed by atoms with Gasteiger partial charge in [0, 0.05) is 61.0 Å². The van der Waals surface area contributed by atoms with Crippen LogP contribution in [-0.2, 0) is 16.4 Å². The van der Waals surface area contributed by atoms with Gasteiger partial charge in [0.25, 0.3) is 0 Å². The highest BCUT2D eigenvalue weighted by Gasteiger charge is 2.40. The van der Waals surface area contributed by atoms with Crippen LogP contribution in [0.2, 0.25) is 0 Å². The standard InChI is InChI=1S/C25H33N7O2S/c1-3-4-5-19-14-25(21-16-27-29-18(21)2)26-15-22(19)23-17-28-30-24(23)8-9-31-10-12-32(13-11-31)35(33,34)20-6-7-20/h8-9,14-17,20H,3-7,10-13H2,1-2H3,(H,27,29)(H,28,30)/b9-8+. The van der Waals surface area contributed by atoms with Crippen molar-refractivity contribution >= 4 is 16.1 Å². The molecular weight excluding hydrogens is 462 g/mol. The Morgan fingerprint density at radius 3 is 2.46 bits per heavy atom. The molecule has 2 fully saturated rings. The van der Waals surface area contributed by atoms with Crippen LogP contribution in [-0.4, -0.2) is 74.4 Å². The van der Waals surface area contributed by atoms with Gasteiger partial charge in [-0.25, -0.2) is 8.42 Å². The Labute approximate surface area is 206 Å². The molecule has 5 rings (SSSR count).